The maximum Gasteiger partial charge on any atom is 0.140 e. The lowest BCUT2D eigenvalue weighted by molar-refractivity contribution is 0.591. The van der Waals surface area contributed by atoms with Gasteiger partial charge in [0.2, 0.25) is 0 Å². The fourth-order valence-corrected chi connectivity index (χ4v) is 5.48. The zero-order chi connectivity index (χ0) is 24.4. The molecule has 0 aliphatic carbocycles. The van der Waals surface area contributed by atoms with Gasteiger partial charge in [-0.25, -0.2) is 4.98 Å². The predicted molar refractivity (Wildman–Crippen MR) is 149 cm³/mol. The van der Waals surface area contributed by atoms with Crippen LogP contribution in [0.3, 0.4) is 0 Å². The van der Waals surface area contributed by atoms with E-state index in [4.69, 9.17) is 4.98 Å². The van der Waals surface area contributed by atoms with Crippen molar-refractivity contribution in [2.24, 2.45) is 0 Å². The van der Waals surface area contributed by atoms with E-state index >= 15 is 0 Å². The van der Waals surface area contributed by atoms with Crippen LogP contribution in [0.5, 0.6) is 0 Å². The lowest BCUT2D eigenvalue weighted by Gasteiger charge is -2.22. The number of aryl methyl sites for hydroxylation is 2. The first kappa shape index (κ1) is 22.9. The molecule has 0 amide bonds. The highest BCUT2D eigenvalue weighted by Gasteiger charge is 2.20. The molecule has 2 aromatic heterocycles. The van der Waals surface area contributed by atoms with Gasteiger partial charge in [0.1, 0.15) is 5.01 Å². The Morgan fingerprint density at radius 3 is 1.68 bits per heavy atom. The topological polar surface area (TPSA) is 28.7 Å². The second-order valence-electron chi connectivity index (χ2n) is 11.6. The number of aromatic amines is 1. The van der Waals surface area contributed by atoms with E-state index in [9.17, 15) is 0 Å². The molecule has 0 aliphatic rings. The van der Waals surface area contributed by atoms with Crippen LogP contribution in [0.2, 0.25) is 0 Å². The Bertz CT molecular complexity index is 1440. The summed E-state index contributed by atoms with van der Waals surface area (Å²) in [5, 5.41) is 6.19. The Morgan fingerprint density at radius 1 is 0.676 bits per heavy atom. The molecule has 0 bridgehead atoms. The number of thiazole rings is 1. The van der Waals surface area contributed by atoms with Crippen molar-refractivity contribution in [2.45, 2.75) is 66.2 Å². The van der Waals surface area contributed by atoms with Crippen LogP contribution in [0.25, 0.3) is 43.5 Å². The molecule has 5 aromatic rings. The molecule has 1 N–H and O–H groups in total. The highest BCUT2D eigenvalue weighted by molar-refractivity contribution is 7.15. The molecular weight excluding hydrogens is 432 g/mol. The standard InChI is InChI=1S/C31H34N2S/c1-18-19(2)34-29(32-18)27-14-13-26(33-27)28-24-16-22(30(3,4)5)11-9-20(24)15-21-10-12-23(17-25(21)28)31(6,7)8/h9-17,33H,1-8H3. The summed E-state index contributed by atoms with van der Waals surface area (Å²) >= 11 is 1.75. The van der Waals surface area contributed by atoms with Crippen LogP contribution in [0.1, 0.15) is 63.2 Å². The minimum Gasteiger partial charge on any atom is -0.353 e. The number of hydrogen-bond donors (Lipinski definition) is 1. The van der Waals surface area contributed by atoms with Crippen LogP contribution in [0.4, 0.5) is 0 Å². The molecule has 0 atom stereocenters. The van der Waals surface area contributed by atoms with Crippen molar-refractivity contribution in [1.29, 1.82) is 0 Å². The van der Waals surface area contributed by atoms with Crippen LogP contribution < -0.4 is 0 Å². The molecule has 3 heteroatoms. The van der Waals surface area contributed by atoms with Gasteiger partial charge in [-0.05, 0) is 87.7 Å². The molecule has 2 heterocycles. The second-order valence-corrected chi connectivity index (χ2v) is 12.8. The van der Waals surface area contributed by atoms with Crippen molar-refractivity contribution >= 4 is 32.9 Å². The van der Waals surface area contributed by atoms with Crippen molar-refractivity contribution in [2.75, 3.05) is 0 Å². The monoisotopic (exact) mass is 466 g/mol. The van der Waals surface area contributed by atoms with Crippen molar-refractivity contribution in [1.82, 2.24) is 9.97 Å². The summed E-state index contributed by atoms with van der Waals surface area (Å²) in [6, 6.07) is 20.7. The Kier molecular flexibility index (Phi) is 5.25. The number of benzene rings is 3. The molecule has 34 heavy (non-hydrogen) atoms. The van der Waals surface area contributed by atoms with Crippen LogP contribution in [-0.2, 0) is 10.8 Å². The molecule has 174 valence electrons. The van der Waals surface area contributed by atoms with Crippen LogP contribution in [0.15, 0.2) is 54.6 Å². The number of H-pyrrole nitrogens is 1. The van der Waals surface area contributed by atoms with Gasteiger partial charge in [-0.1, -0.05) is 65.8 Å². The zero-order valence-corrected chi connectivity index (χ0v) is 22.4. The Labute approximate surface area is 207 Å². The zero-order valence-electron chi connectivity index (χ0n) is 21.6. The van der Waals surface area contributed by atoms with Crippen molar-refractivity contribution in [3.63, 3.8) is 0 Å². The Morgan fingerprint density at radius 2 is 1.21 bits per heavy atom. The number of rotatable bonds is 2. The highest BCUT2D eigenvalue weighted by atomic mass is 32.1. The smallest absolute Gasteiger partial charge is 0.140 e. The first-order chi connectivity index (χ1) is 15.9. The summed E-state index contributed by atoms with van der Waals surface area (Å²) in [6.45, 7) is 17.9. The fraction of sp³-hybridized carbons (Fsp3) is 0.323. The minimum atomic E-state index is 0.0878. The molecule has 0 saturated heterocycles. The summed E-state index contributed by atoms with van der Waals surface area (Å²) < 4.78 is 0. The largest absolute Gasteiger partial charge is 0.353 e. The molecule has 0 radical (unpaired) electrons. The van der Waals surface area contributed by atoms with Gasteiger partial charge in [0.05, 0.1) is 11.4 Å². The number of nitrogens with zero attached hydrogens (tertiary/aromatic N) is 1. The van der Waals surface area contributed by atoms with E-state index in [1.807, 2.05) is 0 Å². The van der Waals surface area contributed by atoms with Crippen LogP contribution >= 0.6 is 11.3 Å². The molecular formula is C31H34N2S. The number of nitrogens with one attached hydrogen (secondary N) is 1. The first-order valence-electron chi connectivity index (χ1n) is 12.1. The van der Waals surface area contributed by atoms with Crippen molar-refractivity contribution in [3.05, 3.63) is 76.3 Å². The van der Waals surface area contributed by atoms with E-state index in [2.05, 4.69) is 115 Å². The molecule has 0 saturated carbocycles. The van der Waals surface area contributed by atoms with Gasteiger partial charge in [0.15, 0.2) is 0 Å². The van der Waals surface area contributed by atoms with E-state index in [-0.39, 0.29) is 10.8 Å². The molecule has 0 unspecified atom stereocenters. The van der Waals surface area contributed by atoms with Gasteiger partial charge < -0.3 is 4.98 Å². The highest BCUT2D eigenvalue weighted by Crippen LogP contribution is 2.40. The maximum absolute atomic E-state index is 4.79. The molecule has 0 spiro atoms. The van der Waals surface area contributed by atoms with E-state index in [0.29, 0.717) is 0 Å². The molecule has 3 aromatic carbocycles. The minimum absolute atomic E-state index is 0.0878. The second kappa shape index (κ2) is 7.81. The van der Waals surface area contributed by atoms with Gasteiger partial charge in [-0.2, -0.15) is 0 Å². The number of fused-ring (bicyclic) bond motifs is 2. The average Bonchev–Trinajstić information content (AvgIpc) is 3.36. The predicted octanol–water partition coefficient (Wildman–Crippen LogP) is 9.32. The summed E-state index contributed by atoms with van der Waals surface area (Å²) in [5.41, 5.74) is 7.50. The lowest BCUT2D eigenvalue weighted by atomic mass is 9.82. The molecule has 0 fully saturated rings. The lowest BCUT2D eigenvalue weighted by Crippen LogP contribution is -2.11. The number of aromatic nitrogens is 2. The van der Waals surface area contributed by atoms with E-state index in [1.165, 1.54) is 43.1 Å². The van der Waals surface area contributed by atoms with Crippen molar-refractivity contribution < 1.29 is 0 Å². The van der Waals surface area contributed by atoms with Crippen molar-refractivity contribution in [3.8, 4) is 22.0 Å². The third-order valence-corrected chi connectivity index (χ3v) is 8.01. The van der Waals surface area contributed by atoms with Gasteiger partial charge in [-0.15, -0.1) is 11.3 Å². The van der Waals surface area contributed by atoms with E-state index < -0.39 is 0 Å². The SMILES string of the molecule is Cc1nc(-c2ccc(-c3c4cc(C(C)(C)C)ccc4cc4ccc(C(C)(C)C)cc34)[nH]2)sc1C. The van der Waals surface area contributed by atoms with Crippen LogP contribution in [0, 0.1) is 13.8 Å². The third-order valence-electron chi connectivity index (χ3n) is 6.90. The van der Waals surface area contributed by atoms with Gasteiger partial charge in [0, 0.05) is 16.1 Å². The van der Waals surface area contributed by atoms with Gasteiger partial charge >= 0.3 is 0 Å². The third kappa shape index (κ3) is 3.96. The maximum atomic E-state index is 4.79. The average molecular weight is 467 g/mol. The normalized spacial score (nSPS) is 12.7. The first-order valence-corrected chi connectivity index (χ1v) is 12.9. The van der Waals surface area contributed by atoms with E-state index in [1.54, 1.807) is 11.3 Å². The summed E-state index contributed by atoms with van der Waals surface area (Å²) in [6.07, 6.45) is 0. The van der Waals surface area contributed by atoms with Gasteiger partial charge in [0.25, 0.3) is 0 Å². The van der Waals surface area contributed by atoms with E-state index in [0.717, 1.165) is 22.1 Å². The molecule has 5 rings (SSSR count). The summed E-state index contributed by atoms with van der Waals surface area (Å²) in [5.74, 6) is 0. The van der Waals surface area contributed by atoms with Gasteiger partial charge in [-0.3, -0.25) is 0 Å². The Hall–Kier alpha value is -2.91. The van der Waals surface area contributed by atoms with Crippen LogP contribution in [-0.4, -0.2) is 9.97 Å². The summed E-state index contributed by atoms with van der Waals surface area (Å²) in [7, 11) is 0. The fourth-order valence-electron chi connectivity index (χ4n) is 4.59. The molecule has 0 aliphatic heterocycles. The number of hydrogen-bond acceptors (Lipinski definition) is 2. The quantitative estimate of drug-likeness (QED) is 0.258. The Balaban J connectivity index is 1.83. The summed E-state index contributed by atoms with van der Waals surface area (Å²) in [4.78, 5) is 9.80. The molecule has 2 nitrogen and oxygen atoms in total.